The van der Waals surface area contributed by atoms with E-state index in [1.807, 2.05) is 30.3 Å². The summed E-state index contributed by atoms with van der Waals surface area (Å²) in [6.07, 6.45) is 0. The van der Waals surface area contributed by atoms with Crippen LogP contribution in [0.4, 0.5) is 0 Å². The van der Waals surface area contributed by atoms with Crippen molar-refractivity contribution in [1.29, 1.82) is 0 Å². The molecule has 2 aromatic carbocycles. The van der Waals surface area contributed by atoms with E-state index in [1.165, 1.54) is 0 Å². The molecule has 0 heterocycles. The van der Waals surface area contributed by atoms with Gasteiger partial charge in [0.05, 0.1) is 12.1 Å². The highest BCUT2D eigenvalue weighted by atomic mass is 79.9. The van der Waals surface area contributed by atoms with E-state index in [1.54, 1.807) is 13.2 Å². The predicted molar refractivity (Wildman–Crippen MR) is 84.2 cm³/mol. The van der Waals surface area contributed by atoms with Gasteiger partial charge in [-0.25, -0.2) is 0 Å². The molecule has 0 unspecified atom stereocenters. The Morgan fingerprint density at radius 2 is 1.89 bits per heavy atom. The van der Waals surface area contributed by atoms with Crippen molar-refractivity contribution in [3.05, 3.63) is 55.9 Å². The van der Waals surface area contributed by atoms with Gasteiger partial charge in [-0.3, -0.25) is 0 Å². The molecule has 2 aromatic rings. The Bertz CT molecular complexity index is 588. The van der Waals surface area contributed by atoms with Crippen molar-refractivity contribution in [3.63, 3.8) is 0 Å². The lowest BCUT2D eigenvalue weighted by Gasteiger charge is -2.11. The normalized spacial score (nSPS) is 10.3. The van der Waals surface area contributed by atoms with Crippen LogP contribution in [0.2, 0.25) is 5.02 Å². The molecule has 0 N–H and O–H groups in total. The van der Waals surface area contributed by atoms with Crippen LogP contribution in [0.5, 0.6) is 11.5 Å². The number of benzene rings is 2. The average Bonchev–Trinajstić information content (AvgIpc) is 2.39. The summed E-state index contributed by atoms with van der Waals surface area (Å²) in [5.41, 5.74) is 0.998. The Hall–Kier alpha value is -0.710. The van der Waals surface area contributed by atoms with Crippen molar-refractivity contribution in [2.75, 3.05) is 7.11 Å². The lowest BCUT2D eigenvalue weighted by Crippen LogP contribution is -1.98. The molecular weight excluding hydrogens is 395 g/mol. The van der Waals surface area contributed by atoms with Crippen LogP contribution < -0.4 is 9.47 Å². The van der Waals surface area contributed by atoms with Crippen LogP contribution in [0.15, 0.2) is 45.3 Å². The zero-order valence-electron chi connectivity index (χ0n) is 10.1. The van der Waals surface area contributed by atoms with Gasteiger partial charge in [0.1, 0.15) is 18.1 Å². The Labute approximate surface area is 133 Å². The van der Waals surface area contributed by atoms with Crippen LogP contribution in [0, 0.1) is 0 Å². The summed E-state index contributed by atoms with van der Waals surface area (Å²) in [7, 11) is 1.64. The molecule has 2 rings (SSSR count). The van der Waals surface area contributed by atoms with Crippen LogP contribution in [-0.2, 0) is 6.61 Å². The van der Waals surface area contributed by atoms with E-state index in [2.05, 4.69) is 31.9 Å². The van der Waals surface area contributed by atoms with Gasteiger partial charge in [-0.05, 0) is 36.4 Å². The third kappa shape index (κ3) is 3.88. The molecule has 0 fully saturated rings. The summed E-state index contributed by atoms with van der Waals surface area (Å²) in [6.45, 7) is 0.416. The fourth-order valence-corrected chi connectivity index (χ4v) is 2.63. The summed E-state index contributed by atoms with van der Waals surface area (Å²) >= 11 is 12.9. The Balaban J connectivity index is 2.14. The van der Waals surface area contributed by atoms with Crippen LogP contribution >= 0.6 is 43.5 Å². The van der Waals surface area contributed by atoms with Gasteiger partial charge < -0.3 is 9.47 Å². The molecule has 0 bridgehead atoms. The molecule has 5 heteroatoms. The van der Waals surface area contributed by atoms with E-state index < -0.39 is 0 Å². The molecule has 0 saturated carbocycles. The fraction of sp³-hybridized carbons (Fsp3) is 0.143. The van der Waals surface area contributed by atoms with Crippen molar-refractivity contribution < 1.29 is 9.47 Å². The van der Waals surface area contributed by atoms with E-state index in [-0.39, 0.29) is 0 Å². The van der Waals surface area contributed by atoms with Crippen LogP contribution in [0.1, 0.15) is 5.56 Å². The second-order valence-electron chi connectivity index (χ2n) is 3.82. The van der Waals surface area contributed by atoms with Gasteiger partial charge in [-0.2, -0.15) is 0 Å². The van der Waals surface area contributed by atoms with E-state index in [4.69, 9.17) is 21.1 Å². The minimum absolute atomic E-state index is 0.416. The van der Waals surface area contributed by atoms with Gasteiger partial charge in [-0.15, -0.1) is 0 Å². The second-order valence-corrected chi connectivity index (χ2v) is 6.00. The molecule has 0 saturated heterocycles. The van der Waals surface area contributed by atoms with Crippen LogP contribution in [0.3, 0.4) is 0 Å². The number of rotatable bonds is 4. The van der Waals surface area contributed by atoms with Gasteiger partial charge in [0.2, 0.25) is 0 Å². The molecule has 0 spiro atoms. The summed E-state index contributed by atoms with van der Waals surface area (Å²) in [6, 6.07) is 11.3. The van der Waals surface area contributed by atoms with Crippen molar-refractivity contribution in [1.82, 2.24) is 0 Å². The molecule has 100 valence electrons. The van der Waals surface area contributed by atoms with E-state index in [9.17, 15) is 0 Å². The smallest absolute Gasteiger partial charge is 0.138 e. The maximum atomic E-state index is 6.10. The third-order valence-electron chi connectivity index (χ3n) is 2.53. The van der Waals surface area contributed by atoms with Crippen LogP contribution in [-0.4, -0.2) is 7.11 Å². The van der Waals surface area contributed by atoms with Crippen molar-refractivity contribution in [3.8, 4) is 11.5 Å². The SMILES string of the molecule is COc1ccc(Br)c(COc2ccc(Br)cc2Cl)c1. The first-order chi connectivity index (χ1) is 9.10. The van der Waals surface area contributed by atoms with Crippen molar-refractivity contribution in [2.24, 2.45) is 0 Å². The quantitative estimate of drug-likeness (QED) is 0.672. The Morgan fingerprint density at radius 3 is 2.58 bits per heavy atom. The zero-order valence-corrected chi connectivity index (χ0v) is 14.0. The highest BCUT2D eigenvalue weighted by Gasteiger charge is 2.06. The molecule has 0 aliphatic carbocycles. The lowest BCUT2D eigenvalue weighted by molar-refractivity contribution is 0.304. The maximum absolute atomic E-state index is 6.10. The molecular formula is C14H11Br2ClO2. The average molecular weight is 407 g/mol. The predicted octanol–water partition coefficient (Wildman–Crippen LogP) is 5.45. The largest absolute Gasteiger partial charge is 0.497 e. The molecule has 0 amide bonds. The molecule has 0 aliphatic heterocycles. The number of halogens is 3. The molecule has 0 radical (unpaired) electrons. The standard InChI is InChI=1S/C14H11Br2ClO2/c1-18-11-3-4-12(16)9(6-11)8-19-14-5-2-10(15)7-13(14)17/h2-7H,8H2,1H3. The lowest BCUT2D eigenvalue weighted by atomic mass is 10.2. The summed E-state index contributed by atoms with van der Waals surface area (Å²) < 4.78 is 12.8. The van der Waals surface area contributed by atoms with Gasteiger partial charge in [0, 0.05) is 14.5 Å². The van der Waals surface area contributed by atoms with E-state index in [0.29, 0.717) is 17.4 Å². The molecule has 19 heavy (non-hydrogen) atoms. The highest BCUT2D eigenvalue weighted by molar-refractivity contribution is 9.10. The number of hydrogen-bond acceptors (Lipinski definition) is 2. The minimum Gasteiger partial charge on any atom is -0.497 e. The van der Waals surface area contributed by atoms with E-state index >= 15 is 0 Å². The summed E-state index contributed by atoms with van der Waals surface area (Å²) in [5, 5.41) is 0.577. The Kier molecular flexibility index (Phi) is 5.13. The first kappa shape index (κ1) is 14.7. The summed E-state index contributed by atoms with van der Waals surface area (Å²) in [5.74, 6) is 1.45. The molecule has 2 nitrogen and oxygen atoms in total. The van der Waals surface area contributed by atoms with Crippen molar-refractivity contribution >= 4 is 43.5 Å². The van der Waals surface area contributed by atoms with Gasteiger partial charge in [0.25, 0.3) is 0 Å². The number of methoxy groups -OCH3 is 1. The number of ether oxygens (including phenoxy) is 2. The minimum atomic E-state index is 0.416. The monoisotopic (exact) mass is 404 g/mol. The Morgan fingerprint density at radius 1 is 1.11 bits per heavy atom. The van der Waals surface area contributed by atoms with Gasteiger partial charge in [0.15, 0.2) is 0 Å². The van der Waals surface area contributed by atoms with E-state index in [0.717, 1.165) is 20.3 Å². The van der Waals surface area contributed by atoms with Crippen LogP contribution in [0.25, 0.3) is 0 Å². The third-order valence-corrected chi connectivity index (χ3v) is 4.09. The molecule has 0 aliphatic rings. The maximum Gasteiger partial charge on any atom is 0.138 e. The number of hydrogen-bond donors (Lipinski definition) is 0. The fourth-order valence-electron chi connectivity index (χ4n) is 1.54. The van der Waals surface area contributed by atoms with Gasteiger partial charge >= 0.3 is 0 Å². The topological polar surface area (TPSA) is 18.5 Å². The summed E-state index contributed by atoms with van der Waals surface area (Å²) in [4.78, 5) is 0. The molecule has 0 aromatic heterocycles. The van der Waals surface area contributed by atoms with Gasteiger partial charge in [-0.1, -0.05) is 43.5 Å². The van der Waals surface area contributed by atoms with Crippen molar-refractivity contribution in [2.45, 2.75) is 6.61 Å². The first-order valence-corrected chi connectivity index (χ1v) is 7.47. The zero-order chi connectivity index (χ0) is 13.8. The first-order valence-electron chi connectivity index (χ1n) is 5.50. The molecule has 0 atom stereocenters. The highest BCUT2D eigenvalue weighted by Crippen LogP contribution is 2.30. The second kappa shape index (κ2) is 6.64.